The highest BCUT2D eigenvalue weighted by Gasteiger charge is 2.38. The minimum absolute atomic E-state index is 0.0898. The second-order valence-corrected chi connectivity index (χ2v) is 6.67. The zero-order chi connectivity index (χ0) is 20.1. The van der Waals surface area contributed by atoms with Crippen molar-refractivity contribution in [2.75, 3.05) is 5.32 Å². The summed E-state index contributed by atoms with van der Waals surface area (Å²) in [5.41, 5.74) is -0.436. The monoisotopic (exact) mass is 413 g/mol. The predicted molar refractivity (Wildman–Crippen MR) is 96.0 cm³/mol. The Bertz CT molecular complexity index is 1120. The van der Waals surface area contributed by atoms with Gasteiger partial charge in [-0.15, -0.1) is 13.2 Å². The number of rotatable bonds is 4. The van der Waals surface area contributed by atoms with Crippen LogP contribution in [-0.2, 0) is 0 Å². The lowest BCUT2D eigenvalue weighted by atomic mass is 10.2. The van der Waals surface area contributed by atoms with E-state index in [-0.39, 0.29) is 28.5 Å². The minimum Gasteiger partial charge on any atom is -0.406 e. The van der Waals surface area contributed by atoms with Crippen LogP contribution < -0.4 is 15.7 Å². The van der Waals surface area contributed by atoms with Gasteiger partial charge in [-0.3, -0.25) is 4.57 Å². The van der Waals surface area contributed by atoms with E-state index in [1.54, 1.807) is 12.1 Å². The molecular formula is C18H12ClF4N3O2. The average molecular weight is 414 g/mol. The van der Waals surface area contributed by atoms with Crippen LogP contribution in [0.15, 0.2) is 47.3 Å². The molecule has 2 aromatic carbocycles. The first kappa shape index (κ1) is 18.5. The van der Waals surface area contributed by atoms with Gasteiger partial charge < -0.3 is 10.1 Å². The lowest BCUT2D eigenvalue weighted by molar-refractivity contribution is -0.274. The van der Waals surface area contributed by atoms with Crippen molar-refractivity contribution in [3.63, 3.8) is 0 Å². The zero-order valence-electron chi connectivity index (χ0n) is 14.0. The zero-order valence-corrected chi connectivity index (χ0v) is 14.8. The molecule has 3 aromatic rings. The van der Waals surface area contributed by atoms with Gasteiger partial charge in [-0.05, 0) is 24.3 Å². The second kappa shape index (κ2) is 6.66. The minimum atomic E-state index is -4.90. The molecule has 1 aromatic heterocycles. The van der Waals surface area contributed by atoms with Crippen molar-refractivity contribution in [3.8, 4) is 11.4 Å². The molecule has 4 rings (SSSR count). The number of alkyl halides is 4. The molecule has 0 aliphatic heterocycles. The van der Waals surface area contributed by atoms with E-state index in [1.807, 2.05) is 0 Å². The highest BCUT2D eigenvalue weighted by Crippen LogP contribution is 2.34. The SMILES string of the molecule is O=c1nc(NC2CC2F)c2ccc(OC(F)(F)F)cc2n1-c1ccccc1Cl. The van der Waals surface area contributed by atoms with Gasteiger partial charge in [0.2, 0.25) is 0 Å². The summed E-state index contributed by atoms with van der Waals surface area (Å²) >= 11 is 6.17. The summed E-state index contributed by atoms with van der Waals surface area (Å²) in [7, 11) is 0. The summed E-state index contributed by atoms with van der Waals surface area (Å²) in [6, 6.07) is 9.35. The molecule has 28 heavy (non-hydrogen) atoms. The van der Waals surface area contributed by atoms with Crippen LogP contribution in [0, 0.1) is 0 Å². The molecule has 10 heteroatoms. The van der Waals surface area contributed by atoms with Crippen molar-refractivity contribution in [3.05, 3.63) is 58.0 Å². The van der Waals surface area contributed by atoms with E-state index in [2.05, 4.69) is 15.0 Å². The number of nitrogens with zero attached hydrogens (tertiary/aromatic N) is 2. The standard InChI is InChI=1S/C18H12ClF4N3O2/c19-11-3-1-2-4-14(11)26-15-7-9(28-18(21,22)23)5-6-10(15)16(25-17(26)27)24-13-8-12(13)20/h1-7,12-13H,8H2,(H,24,25,27). The number of fused-ring (bicyclic) bond motifs is 1. The van der Waals surface area contributed by atoms with Gasteiger partial charge in [-0.25, -0.2) is 9.18 Å². The van der Waals surface area contributed by atoms with Gasteiger partial charge in [0.15, 0.2) is 0 Å². The Labute approximate surface area is 160 Å². The molecule has 146 valence electrons. The summed E-state index contributed by atoms with van der Waals surface area (Å²) < 4.78 is 56.2. The Balaban J connectivity index is 1.95. The molecule has 0 amide bonds. The number of hydrogen-bond acceptors (Lipinski definition) is 4. The van der Waals surface area contributed by atoms with Gasteiger partial charge in [-0.2, -0.15) is 4.98 Å². The number of ether oxygens (including phenoxy) is 1. The summed E-state index contributed by atoms with van der Waals surface area (Å²) in [5, 5.41) is 3.35. The fourth-order valence-corrected chi connectivity index (χ4v) is 3.09. The predicted octanol–water partition coefficient (Wildman–Crippen LogP) is 4.46. The van der Waals surface area contributed by atoms with Gasteiger partial charge >= 0.3 is 12.1 Å². The number of halogens is 5. The van der Waals surface area contributed by atoms with Crippen LogP contribution >= 0.6 is 11.6 Å². The molecule has 2 unspecified atom stereocenters. The van der Waals surface area contributed by atoms with Crippen molar-refractivity contribution in [1.29, 1.82) is 0 Å². The van der Waals surface area contributed by atoms with Crippen molar-refractivity contribution in [1.82, 2.24) is 9.55 Å². The fourth-order valence-electron chi connectivity index (χ4n) is 2.87. The molecule has 0 radical (unpaired) electrons. The van der Waals surface area contributed by atoms with Crippen LogP contribution in [0.2, 0.25) is 5.02 Å². The summed E-state index contributed by atoms with van der Waals surface area (Å²) in [4.78, 5) is 16.6. The van der Waals surface area contributed by atoms with Crippen LogP contribution in [-0.4, -0.2) is 28.1 Å². The Morgan fingerprint density at radius 2 is 1.93 bits per heavy atom. The van der Waals surface area contributed by atoms with Crippen molar-refractivity contribution < 1.29 is 22.3 Å². The Morgan fingerprint density at radius 3 is 2.57 bits per heavy atom. The summed E-state index contributed by atoms with van der Waals surface area (Å²) in [6.07, 6.45) is -5.69. The topological polar surface area (TPSA) is 56.1 Å². The van der Waals surface area contributed by atoms with E-state index in [1.165, 1.54) is 18.2 Å². The molecule has 0 bridgehead atoms. The van der Waals surface area contributed by atoms with E-state index in [0.29, 0.717) is 5.39 Å². The maximum absolute atomic E-state index is 13.3. The van der Waals surface area contributed by atoms with E-state index in [4.69, 9.17) is 11.6 Å². The molecule has 1 N–H and O–H groups in total. The largest absolute Gasteiger partial charge is 0.573 e. The Morgan fingerprint density at radius 1 is 1.21 bits per heavy atom. The molecule has 0 saturated heterocycles. The normalized spacial score (nSPS) is 18.9. The number of nitrogens with one attached hydrogen (secondary N) is 1. The third kappa shape index (κ3) is 3.62. The van der Waals surface area contributed by atoms with Crippen LogP contribution in [0.3, 0.4) is 0 Å². The Kier molecular flexibility index (Phi) is 4.41. The summed E-state index contributed by atoms with van der Waals surface area (Å²) in [6.45, 7) is 0. The van der Waals surface area contributed by atoms with Crippen LogP contribution in [0.1, 0.15) is 6.42 Å². The molecule has 1 saturated carbocycles. The lowest BCUT2D eigenvalue weighted by Gasteiger charge is -2.16. The molecule has 5 nitrogen and oxygen atoms in total. The highest BCUT2D eigenvalue weighted by molar-refractivity contribution is 6.32. The first-order valence-electron chi connectivity index (χ1n) is 8.21. The van der Waals surface area contributed by atoms with Gasteiger partial charge in [0, 0.05) is 17.9 Å². The van der Waals surface area contributed by atoms with Gasteiger partial charge in [0.1, 0.15) is 17.7 Å². The maximum atomic E-state index is 13.3. The van der Waals surface area contributed by atoms with E-state index in [0.717, 1.165) is 16.7 Å². The first-order chi connectivity index (χ1) is 13.2. The average Bonchev–Trinajstić information content (AvgIpc) is 3.29. The maximum Gasteiger partial charge on any atom is 0.573 e. The van der Waals surface area contributed by atoms with Gasteiger partial charge in [-0.1, -0.05) is 23.7 Å². The highest BCUT2D eigenvalue weighted by atomic mass is 35.5. The molecule has 1 fully saturated rings. The number of benzene rings is 2. The molecule has 1 heterocycles. The van der Waals surface area contributed by atoms with E-state index < -0.39 is 30.0 Å². The number of hydrogen-bond donors (Lipinski definition) is 1. The third-order valence-corrected chi connectivity index (χ3v) is 4.55. The smallest absolute Gasteiger partial charge is 0.406 e. The quantitative estimate of drug-likeness (QED) is 0.642. The van der Waals surface area contributed by atoms with Crippen LogP contribution in [0.25, 0.3) is 16.6 Å². The van der Waals surface area contributed by atoms with E-state index >= 15 is 0 Å². The summed E-state index contributed by atoms with van der Waals surface area (Å²) in [5.74, 6) is -0.417. The first-order valence-corrected chi connectivity index (χ1v) is 8.59. The molecule has 1 aliphatic carbocycles. The van der Waals surface area contributed by atoms with E-state index in [9.17, 15) is 22.4 Å². The van der Waals surface area contributed by atoms with Crippen molar-refractivity contribution in [2.45, 2.75) is 25.0 Å². The molecular weight excluding hydrogens is 402 g/mol. The van der Waals surface area contributed by atoms with Crippen LogP contribution in [0.4, 0.5) is 23.4 Å². The number of para-hydroxylation sites is 1. The third-order valence-electron chi connectivity index (χ3n) is 4.23. The number of anilines is 1. The van der Waals surface area contributed by atoms with Gasteiger partial charge in [0.05, 0.1) is 22.3 Å². The molecule has 1 aliphatic rings. The van der Waals surface area contributed by atoms with Crippen LogP contribution in [0.5, 0.6) is 5.75 Å². The molecule has 2 atom stereocenters. The number of aromatic nitrogens is 2. The second-order valence-electron chi connectivity index (χ2n) is 6.26. The van der Waals surface area contributed by atoms with Crippen molar-refractivity contribution >= 4 is 28.3 Å². The fraction of sp³-hybridized carbons (Fsp3) is 0.222. The van der Waals surface area contributed by atoms with Crippen molar-refractivity contribution in [2.24, 2.45) is 0 Å². The Hall–Kier alpha value is -2.81. The lowest BCUT2D eigenvalue weighted by Crippen LogP contribution is -2.24. The molecule has 0 spiro atoms. The van der Waals surface area contributed by atoms with Gasteiger partial charge in [0.25, 0.3) is 0 Å².